The van der Waals surface area contributed by atoms with Gasteiger partial charge in [0.25, 0.3) is 0 Å². The van der Waals surface area contributed by atoms with Crippen LogP contribution in [0.5, 0.6) is 0 Å². The normalized spacial score (nSPS) is 10.9. The van der Waals surface area contributed by atoms with Crippen LogP contribution in [0.3, 0.4) is 0 Å². The summed E-state index contributed by atoms with van der Waals surface area (Å²) in [5.41, 5.74) is 8.22. The standard InChI is InChI=1S/C16H19ClN2/c17-16-8-4-7-15(11-16)13-19(10-9-18)12-14-5-2-1-3-6-14/h1-8,11H,9-10,12-13,18H2. The third kappa shape index (κ3) is 4.67. The van der Waals surface area contributed by atoms with Gasteiger partial charge < -0.3 is 5.73 Å². The minimum Gasteiger partial charge on any atom is -0.329 e. The predicted octanol–water partition coefficient (Wildman–Crippen LogP) is 3.30. The fourth-order valence-electron chi connectivity index (χ4n) is 2.13. The van der Waals surface area contributed by atoms with Gasteiger partial charge in [0.1, 0.15) is 0 Å². The highest BCUT2D eigenvalue weighted by molar-refractivity contribution is 6.30. The lowest BCUT2D eigenvalue weighted by molar-refractivity contribution is 0.264. The van der Waals surface area contributed by atoms with E-state index in [4.69, 9.17) is 17.3 Å². The molecule has 2 N–H and O–H groups in total. The van der Waals surface area contributed by atoms with E-state index in [1.807, 2.05) is 24.3 Å². The Kier molecular flexibility index (Phi) is 5.40. The van der Waals surface area contributed by atoms with Gasteiger partial charge in [-0.25, -0.2) is 0 Å². The number of hydrogen-bond donors (Lipinski definition) is 1. The van der Waals surface area contributed by atoms with Crippen LogP contribution in [-0.4, -0.2) is 18.0 Å². The van der Waals surface area contributed by atoms with Gasteiger partial charge in [0.2, 0.25) is 0 Å². The van der Waals surface area contributed by atoms with Crippen LogP contribution in [0.1, 0.15) is 11.1 Å². The van der Waals surface area contributed by atoms with Crippen molar-refractivity contribution in [2.75, 3.05) is 13.1 Å². The summed E-state index contributed by atoms with van der Waals surface area (Å²) in [5.74, 6) is 0. The van der Waals surface area contributed by atoms with Crippen LogP contribution in [-0.2, 0) is 13.1 Å². The second-order valence-electron chi connectivity index (χ2n) is 4.61. The van der Waals surface area contributed by atoms with Crippen molar-refractivity contribution >= 4 is 11.6 Å². The average Bonchev–Trinajstić information content (AvgIpc) is 2.40. The van der Waals surface area contributed by atoms with Crippen LogP contribution in [0.2, 0.25) is 5.02 Å². The summed E-state index contributed by atoms with van der Waals surface area (Å²) in [6, 6.07) is 18.4. The van der Waals surface area contributed by atoms with Crippen molar-refractivity contribution in [1.29, 1.82) is 0 Å². The second kappa shape index (κ2) is 7.29. The van der Waals surface area contributed by atoms with Crippen molar-refractivity contribution in [3.8, 4) is 0 Å². The van der Waals surface area contributed by atoms with Gasteiger partial charge in [-0.2, -0.15) is 0 Å². The van der Waals surface area contributed by atoms with Gasteiger partial charge >= 0.3 is 0 Å². The van der Waals surface area contributed by atoms with Crippen LogP contribution < -0.4 is 5.73 Å². The van der Waals surface area contributed by atoms with Gasteiger partial charge in [-0.1, -0.05) is 54.1 Å². The minimum atomic E-state index is 0.660. The quantitative estimate of drug-likeness (QED) is 0.876. The van der Waals surface area contributed by atoms with Crippen LogP contribution >= 0.6 is 11.6 Å². The molecule has 0 unspecified atom stereocenters. The minimum absolute atomic E-state index is 0.660. The summed E-state index contributed by atoms with van der Waals surface area (Å²) in [6.07, 6.45) is 0. The monoisotopic (exact) mass is 274 g/mol. The lowest BCUT2D eigenvalue weighted by Gasteiger charge is -2.22. The molecule has 2 aromatic carbocycles. The van der Waals surface area contributed by atoms with E-state index in [0.29, 0.717) is 6.54 Å². The maximum absolute atomic E-state index is 6.02. The fourth-order valence-corrected chi connectivity index (χ4v) is 2.34. The van der Waals surface area contributed by atoms with Gasteiger partial charge in [0.05, 0.1) is 0 Å². The average molecular weight is 275 g/mol. The predicted molar refractivity (Wildman–Crippen MR) is 81.1 cm³/mol. The molecule has 100 valence electrons. The molecule has 0 fully saturated rings. The molecular weight excluding hydrogens is 256 g/mol. The number of rotatable bonds is 6. The number of nitrogens with two attached hydrogens (primary N) is 1. The van der Waals surface area contributed by atoms with Crippen molar-refractivity contribution in [1.82, 2.24) is 4.90 Å². The van der Waals surface area contributed by atoms with E-state index >= 15 is 0 Å². The Morgan fingerprint density at radius 3 is 2.26 bits per heavy atom. The Bertz CT molecular complexity index is 499. The highest BCUT2D eigenvalue weighted by atomic mass is 35.5. The van der Waals surface area contributed by atoms with E-state index in [1.165, 1.54) is 11.1 Å². The molecule has 0 aliphatic heterocycles. The largest absolute Gasteiger partial charge is 0.329 e. The van der Waals surface area contributed by atoms with Crippen LogP contribution in [0.4, 0.5) is 0 Å². The Hall–Kier alpha value is -1.35. The van der Waals surface area contributed by atoms with E-state index in [1.54, 1.807) is 0 Å². The smallest absolute Gasteiger partial charge is 0.0409 e. The zero-order chi connectivity index (χ0) is 13.5. The van der Waals surface area contributed by atoms with Crippen molar-refractivity contribution in [3.05, 3.63) is 70.7 Å². The Morgan fingerprint density at radius 1 is 0.895 bits per heavy atom. The van der Waals surface area contributed by atoms with E-state index < -0.39 is 0 Å². The van der Waals surface area contributed by atoms with Crippen molar-refractivity contribution in [2.24, 2.45) is 5.73 Å². The third-order valence-electron chi connectivity index (χ3n) is 2.99. The molecule has 2 rings (SSSR count). The number of halogens is 1. The molecule has 0 saturated heterocycles. The second-order valence-corrected chi connectivity index (χ2v) is 5.05. The highest BCUT2D eigenvalue weighted by Crippen LogP contribution is 2.14. The van der Waals surface area contributed by atoms with E-state index in [9.17, 15) is 0 Å². The number of benzene rings is 2. The van der Waals surface area contributed by atoms with Crippen molar-refractivity contribution < 1.29 is 0 Å². The third-order valence-corrected chi connectivity index (χ3v) is 3.22. The maximum Gasteiger partial charge on any atom is 0.0409 e. The molecule has 0 amide bonds. The molecule has 0 spiro atoms. The Balaban J connectivity index is 2.04. The summed E-state index contributed by atoms with van der Waals surface area (Å²) in [7, 11) is 0. The molecule has 0 aromatic heterocycles. The molecule has 3 heteroatoms. The Labute approximate surface area is 119 Å². The summed E-state index contributed by atoms with van der Waals surface area (Å²) in [4.78, 5) is 2.33. The molecule has 2 aromatic rings. The van der Waals surface area contributed by atoms with Crippen LogP contribution in [0.15, 0.2) is 54.6 Å². The Morgan fingerprint density at radius 2 is 1.58 bits per heavy atom. The molecule has 0 aliphatic carbocycles. The lowest BCUT2D eigenvalue weighted by atomic mass is 10.1. The van der Waals surface area contributed by atoms with Gasteiger partial charge in [-0.3, -0.25) is 4.90 Å². The van der Waals surface area contributed by atoms with E-state index in [0.717, 1.165) is 24.7 Å². The first kappa shape index (κ1) is 14.1. The molecule has 2 nitrogen and oxygen atoms in total. The van der Waals surface area contributed by atoms with Gasteiger partial charge in [0, 0.05) is 31.2 Å². The fraction of sp³-hybridized carbons (Fsp3) is 0.250. The molecule has 19 heavy (non-hydrogen) atoms. The van der Waals surface area contributed by atoms with Crippen molar-refractivity contribution in [2.45, 2.75) is 13.1 Å². The summed E-state index contributed by atoms with van der Waals surface area (Å²) < 4.78 is 0. The van der Waals surface area contributed by atoms with Crippen molar-refractivity contribution in [3.63, 3.8) is 0 Å². The summed E-state index contributed by atoms with van der Waals surface area (Å²) >= 11 is 6.02. The molecule has 0 heterocycles. The molecular formula is C16H19ClN2. The molecule has 0 aliphatic rings. The highest BCUT2D eigenvalue weighted by Gasteiger charge is 2.06. The lowest BCUT2D eigenvalue weighted by Crippen LogP contribution is -2.28. The first-order chi connectivity index (χ1) is 9.28. The first-order valence-electron chi connectivity index (χ1n) is 6.49. The van der Waals surface area contributed by atoms with E-state index in [-0.39, 0.29) is 0 Å². The first-order valence-corrected chi connectivity index (χ1v) is 6.86. The van der Waals surface area contributed by atoms with Crippen LogP contribution in [0, 0.1) is 0 Å². The maximum atomic E-state index is 6.02. The van der Waals surface area contributed by atoms with Gasteiger partial charge in [-0.15, -0.1) is 0 Å². The van der Waals surface area contributed by atoms with Crippen LogP contribution in [0.25, 0.3) is 0 Å². The van der Waals surface area contributed by atoms with Gasteiger partial charge in [0.15, 0.2) is 0 Å². The SMILES string of the molecule is NCCN(Cc1ccccc1)Cc1cccc(Cl)c1. The number of nitrogens with zero attached hydrogens (tertiary/aromatic N) is 1. The van der Waals surface area contributed by atoms with Gasteiger partial charge in [-0.05, 0) is 23.3 Å². The zero-order valence-corrected chi connectivity index (χ0v) is 11.7. The molecule has 0 saturated carbocycles. The van der Waals surface area contributed by atoms with E-state index in [2.05, 4.69) is 35.2 Å². The summed E-state index contributed by atoms with van der Waals surface area (Å²) in [5, 5.41) is 0.782. The summed E-state index contributed by atoms with van der Waals surface area (Å²) in [6.45, 7) is 3.31. The number of hydrogen-bond acceptors (Lipinski definition) is 2. The molecule has 0 atom stereocenters. The topological polar surface area (TPSA) is 29.3 Å². The molecule has 0 bridgehead atoms. The zero-order valence-electron chi connectivity index (χ0n) is 10.9. The molecule has 0 radical (unpaired) electrons.